The number of esters is 1. The van der Waals surface area contributed by atoms with Gasteiger partial charge >= 0.3 is 5.97 Å². The number of imidazole rings is 1. The number of carbonyl (C=O) groups is 1. The van der Waals surface area contributed by atoms with Gasteiger partial charge in [-0.1, -0.05) is 32.9 Å². The number of aromatic amines is 1. The number of hydrogen-bond donors (Lipinski definition) is 1. The van der Waals surface area contributed by atoms with Crippen LogP contribution in [0.4, 0.5) is 0 Å². The van der Waals surface area contributed by atoms with Gasteiger partial charge in [0.15, 0.2) is 0 Å². The topological polar surface area (TPSA) is 55.0 Å². The highest BCUT2D eigenvalue weighted by molar-refractivity contribution is 5.74. The first kappa shape index (κ1) is 24.5. The lowest BCUT2D eigenvalue weighted by Gasteiger charge is -2.61. The van der Waals surface area contributed by atoms with Gasteiger partial charge in [0.2, 0.25) is 0 Å². The fourth-order valence-corrected chi connectivity index (χ4v) is 10.2. The first-order valence-corrected chi connectivity index (χ1v) is 14.9. The first-order chi connectivity index (χ1) is 17.3. The minimum absolute atomic E-state index is 0.0999. The van der Waals surface area contributed by atoms with Crippen LogP contribution in [0.15, 0.2) is 24.3 Å². The molecule has 9 atom stereocenters. The van der Waals surface area contributed by atoms with E-state index in [0.29, 0.717) is 10.8 Å². The zero-order valence-electron chi connectivity index (χ0n) is 22.9. The van der Waals surface area contributed by atoms with Crippen molar-refractivity contribution >= 4 is 17.0 Å². The summed E-state index contributed by atoms with van der Waals surface area (Å²) in [5.74, 6) is 6.06. The molecule has 1 aromatic heterocycles. The number of nitrogens with zero attached hydrogens (tertiary/aromatic N) is 1. The normalized spacial score (nSPS) is 40.8. The SMILES string of the molecule is CC(=O)O[C@@H]1CC[C@@]2(C)C(CC[C@H]3[C@@H]4CC[C@H]([C@H](C)CCc5nc6ccccc6[nH]5)[C@@]4(C)CC[C@@H]32)C1. The van der Waals surface area contributed by atoms with Gasteiger partial charge in [0, 0.05) is 13.3 Å². The Hall–Kier alpha value is -1.84. The van der Waals surface area contributed by atoms with E-state index in [1.54, 1.807) is 6.92 Å². The summed E-state index contributed by atoms with van der Waals surface area (Å²) in [6.07, 6.45) is 14.3. The standard InChI is InChI=1S/C32H46N2O2/c1-20(9-14-30-33-28-7-5-6-8-29(28)34-30)25-12-13-26-24-11-10-22-19-23(36-21(2)35)15-17-31(22,3)27(24)16-18-32(25,26)4/h5-8,20,22-27H,9-19H2,1-4H3,(H,33,34)/t20-,22?,23-,24+,25-,26+,27+,31+,32-/m1/s1. The first-order valence-electron chi connectivity index (χ1n) is 14.9. The quantitative estimate of drug-likeness (QED) is 0.436. The number of rotatable bonds is 5. The van der Waals surface area contributed by atoms with E-state index in [9.17, 15) is 4.79 Å². The van der Waals surface area contributed by atoms with Gasteiger partial charge in [0.1, 0.15) is 11.9 Å². The van der Waals surface area contributed by atoms with Crippen molar-refractivity contribution in [2.24, 2.45) is 46.3 Å². The van der Waals surface area contributed by atoms with Crippen molar-refractivity contribution < 1.29 is 9.53 Å². The smallest absolute Gasteiger partial charge is 0.302 e. The van der Waals surface area contributed by atoms with Gasteiger partial charge in [-0.15, -0.1) is 0 Å². The molecule has 0 spiro atoms. The third-order valence-corrected chi connectivity index (χ3v) is 12.0. The summed E-state index contributed by atoms with van der Waals surface area (Å²) in [7, 11) is 0. The Balaban J connectivity index is 1.12. The molecule has 1 N–H and O–H groups in total. The number of H-pyrrole nitrogens is 1. The van der Waals surface area contributed by atoms with Crippen LogP contribution in [-0.4, -0.2) is 22.0 Å². The number of aryl methyl sites for hydroxylation is 1. The average molecular weight is 491 g/mol. The second kappa shape index (κ2) is 9.17. The number of ether oxygens (including phenoxy) is 1. The van der Waals surface area contributed by atoms with Gasteiger partial charge in [-0.05, 0) is 123 Å². The van der Waals surface area contributed by atoms with Crippen LogP contribution >= 0.6 is 0 Å². The molecule has 4 fully saturated rings. The number of hydrogen-bond acceptors (Lipinski definition) is 3. The Morgan fingerprint density at radius 2 is 1.83 bits per heavy atom. The zero-order valence-corrected chi connectivity index (χ0v) is 22.9. The van der Waals surface area contributed by atoms with Crippen molar-refractivity contribution in [3.8, 4) is 0 Å². The zero-order chi connectivity index (χ0) is 25.1. The van der Waals surface area contributed by atoms with Gasteiger partial charge in [-0.25, -0.2) is 4.98 Å². The molecule has 1 aromatic carbocycles. The Morgan fingerprint density at radius 1 is 1.06 bits per heavy atom. The Kier molecular flexibility index (Phi) is 6.24. The number of fused-ring (bicyclic) bond motifs is 6. The van der Waals surface area contributed by atoms with Crippen LogP contribution in [0.25, 0.3) is 11.0 Å². The number of benzene rings is 1. The van der Waals surface area contributed by atoms with Crippen LogP contribution in [0, 0.1) is 46.3 Å². The van der Waals surface area contributed by atoms with E-state index in [4.69, 9.17) is 9.72 Å². The lowest BCUT2D eigenvalue weighted by Crippen LogP contribution is -2.54. The summed E-state index contributed by atoms with van der Waals surface area (Å²) >= 11 is 0. The summed E-state index contributed by atoms with van der Waals surface area (Å²) in [6.45, 7) is 9.39. The fourth-order valence-electron chi connectivity index (χ4n) is 10.2. The van der Waals surface area contributed by atoms with Crippen molar-refractivity contribution in [3.63, 3.8) is 0 Å². The maximum absolute atomic E-state index is 11.6. The predicted molar refractivity (Wildman–Crippen MR) is 144 cm³/mol. The van der Waals surface area contributed by atoms with Crippen molar-refractivity contribution in [1.82, 2.24) is 9.97 Å². The molecule has 196 valence electrons. The fraction of sp³-hybridized carbons (Fsp3) is 0.750. The van der Waals surface area contributed by atoms with Gasteiger partial charge in [0.05, 0.1) is 11.0 Å². The van der Waals surface area contributed by atoms with Crippen LogP contribution in [0.5, 0.6) is 0 Å². The summed E-state index contributed by atoms with van der Waals surface area (Å²) in [5.41, 5.74) is 3.22. The predicted octanol–water partition coefficient (Wildman–Crippen LogP) is 7.72. The second-order valence-electron chi connectivity index (χ2n) is 13.6. The average Bonchev–Trinajstić information content (AvgIpc) is 3.43. The number of nitrogens with one attached hydrogen (secondary N) is 1. The van der Waals surface area contributed by atoms with Gasteiger partial charge in [-0.3, -0.25) is 4.79 Å². The van der Waals surface area contributed by atoms with E-state index in [0.717, 1.165) is 71.6 Å². The summed E-state index contributed by atoms with van der Waals surface area (Å²) in [6, 6.07) is 8.40. The lowest BCUT2D eigenvalue weighted by molar-refractivity contribution is -0.160. The maximum Gasteiger partial charge on any atom is 0.302 e. The highest BCUT2D eigenvalue weighted by Gasteiger charge is 2.60. The highest BCUT2D eigenvalue weighted by atomic mass is 16.5. The lowest BCUT2D eigenvalue weighted by atomic mass is 9.44. The summed E-state index contributed by atoms with van der Waals surface area (Å²) in [4.78, 5) is 20.0. The molecule has 4 aliphatic rings. The molecule has 2 aromatic rings. The van der Waals surface area contributed by atoms with Crippen LogP contribution < -0.4 is 0 Å². The molecule has 36 heavy (non-hydrogen) atoms. The van der Waals surface area contributed by atoms with E-state index in [-0.39, 0.29) is 12.1 Å². The molecule has 0 saturated heterocycles. The monoisotopic (exact) mass is 490 g/mol. The van der Waals surface area contributed by atoms with Crippen LogP contribution in [0.2, 0.25) is 0 Å². The minimum Gasteiger partial charge on any atom is -0.463 e. The van der Waals surface area contributed by atoms with E-state index in [1.165, 1.54) is 51.4 Å². The summed E-state index contributed by atoms with van der Waals surface area (Å²) in [5, 5.41) is 0. The number of para-hydroxylation sites is 2. The van der Waals surface area contributed by atoms with Crippen LogP contribution in [-0.2, 0) is 16.0 Å². The van der Waals surface area contributed by atoms with E-state index in [2.05, 4.69) is 50.0 Å². The van der Waals surface area contributed by atoms with Crippen LogP contribution in [0.3, 0.4) is 0 Å². The molecule has 4 nitrogen and oxygen atoms in total. The molecule has 4 heteroatoms. The summed E-state index contributed by atoms with van der Waals surface area (Å²) < 4.78 is 5.67. The molecule has 0 bridgehead atoms. The Morgan fingerprint density at radius 3 is 2.64 bits per heavy atom. The van der Waals surface area contributed by atoms with Crippen molar-refractivity contribution in [1.29, 1.82) is 0 Å². The van der Waals surface area contributed by atoms with Crippen molar-refractivity contribution in [2.45, 2.75) is 104 Å². The van der Waals surface area contributed by atoms with E-state index < -0.39 is 0 Å². The Labute approximate surface area is 217 Å². The minimum atomic E-state index is -0.0999. The molecule has 1 heterocycles. The number of aromatic nitrogens is 2. The molecule has 4 saturated carbocycles. The van der Waals surface area contributed by atoms with Gasteiger partial charge in [0.25, 0.3) is 0 Å². The van der Waals surface area contributed by atoms with Crippen LogP contribution in [0.1, 0.15) is 97.7 Å². The third kappa shape index (κ3) is 4.02. The molecule has 6 rings (SSSR count). The molecular formula is C32H46N2O2. The molecule has 1 unspecified atom stereocenters. The molecule has 4 aliphatic carbocycles. The van der Waals surface area contributed by atoms with Crippen molar-refractivity contribution in [3.05, 3.63) is 30.1 Å². The molecular weight excluding hydrogens is 444 g/mol. The van der Waals surface area contributed by atoms with Gasteiger partial charge < -0.3 is 9.72 Å². The van der Waals surface area contributed by atoms with E-state index >= 15 is 0 Å². The molecule has 0 aliphatic heterocycles. The highest BCUT2D eigenvalue weighted by Crippen LogP contribution is 2.68. The molecule has 0 amide bonds. The van der Waals surface area contributed by atoms with Crippen molar-refractivity contribution in [2.75, 3.05) is 0 Å². The maximum atomic E-state index is 11.6. The van der Waals surface area contributed by atoms with E-state index in [1.807, 2.05) is 0 Å². The Bertz CT molecular complexity index is 1080. The van der Waals surface area contributed by atoms with Gasteiger partial charge in [-0.2, -0.15) is 0 Å². The second-order valence-corrected chi connectivity index (χ2v) is 13.6. The number of carbonyl (C=O) groups excluding carboxylic acids is 1. The molecule has 0 radical (unpaired) electrons. The third-order valence-electron chi connectivity index (χ3n) is 12.0. The largest absolute Gasteiger partial charge is 0.463 e.